The number of para-hydroxylation sites is 1. The first kappa shape index (κ1) is 14.3. The van der Waals surface area contributed by atoms with Gasteiger partial charge in [0.2, 0.25) is 0 Å². The molecule has 0 saturated carbocycles. The predicted molar refractivity (Wildman–Crippen MR) is 107 cm³/mol. The second-order valence-corrected chi connectivity index (χ2v) is 6.71. The first-order chi connectivity index (χ1) is 12.3. The highest BCUT2D eigenvalue weighted by Crippen LogP contribution is 2.36. The third kappa shape index (κ3) is 2.16. The van der Waals surface area contributed by atoms with E-state index in [9.17, 15) is 0 Å². The van der Waals surface area contributed by atoms with Gasteiger partial charge in [-0.3, -0.25) is 0 Å². The molecule has 0 saturated heterocycles. The predicted octanol–water partition coefficient (Wildman–Crippen LogP) is 6.30. The molecule has 0 bridgehead atoms. The lowest BCUT2D eigenvalue weighted by Gasteiger charge is -2.10. The van der Waals surface area contributed by atoms with Crippen LogP contribution in [-0.4, -0.2) is 4.57 Å². The number of hydrogen-bond donors (Lipinski definition) is 0. The fourth-order valence-corrected chi connectivity index (χ4v) is 4.05. The van der Waals surface area contributed by atoms with Crippen LogP contribution in [0, 0.1) is 6.92 Å². The second kappa shape index (κ2) is 5.49. The van der Waals surface area contributed by atoms with Crippen LogP contribution in [0.1, 0.15) is 11.1 Å². The molecule has 0 fully saturated rings. The lowest BCUT2D eigenvalue weighted by Crippen LogP contribution is -1.99. The third-order valence-corrected chi connectivity index (χ3v) is 5.23. The van der Waals surface area contributed by atoms with Gasteiger partial charge in [0.1, 0.15) is 0 Å². The van der Waals surface area contributed by atoms with E-state index in [0.717, 1.165) is 6.54 Å². The zero-order valence-corrected chi connectivity index (χ0v) is 14.2. The maximum atomic E-state index is 2.46. The van der Waals surface area contributed by atoms with Crippen molar-refractivity contribution in [3.05, 3.63) is 96.1 Å². The van der Waals surface area contributed by atoms with E-state index in [-0.39, 0.29) is 0 Å². The number of aromatic nitrogens is 1. The molecule has 5 rings (SSSR count). The molecule has 1 aromatic heterocycles. The fourth-order valence-electron chi connectivity index (χ4n) is 4.05. The van der Waals surface area contributed by atoms with Crippen molar-refractivity contribution >= 4 is 32.6 Å². The van der Waals surface area contributed by atoms with Crippen molar-refractivity contribution < 1.29 is 0 Å². The molecule has 0 N–H and O–H groups in total. The van der Waals surface area contributed by atoms with E-state index in [1.165, 1.54) is 43.7 Å². The second-order valence-electron chi connectivity index (χ2n) is 6.71. The smallest absolute Gasteiger partial charge is 0.0503 e. The molecule has 0 spiro atoms. The Bertz CT molecular complexity index is 1210. The molecule has 25 heavy (non-hydrogen) atoms. The van der Waals surface area contributed by atoms with Gasteiger partial charge in [-0.05, 0) is 41.0 Å². The Hall–Kier alpha value is -3.06. The third-order valence-electron chi connectivity index (χ3n) is 5.23. The molecule has 5 aromatic rings. The molecule has 1 nitrogen and oxygen atoms in total. The molecule has 0 aliphatic carbocycles. The normalized spacial score (nSPS) is 11.6. The van der Waals surface area contributed by atoms with Gasteiger partial charge in [0.15, 0.2) is 0 Å². The van der Waals surface area contributed by atoms with Crippen LogP contribution in [0.5, 0.6) is 0 Å². The molecular weight excluding hydrogens is 302 g/mol. The van der Waals surface area contributed by atoms with E-state index < -0.39 is 0 Å². The SMILES string of the molecule is Cc1c2ccccc2cc2c1c1ccccc1n2Cc1ccccc1. The minimum absolute atomic E-state index is 0.892. The zero-order chi connectivity index (χ0) is 16.8. The van der Waals surface area contributed by atoms with E-state index in [1.54, 1.807) is 0 Å². The van der Waals surface area contributed by atoms with Crippen LogP contribution in [0.3, 0.4) is 0 Å². The Morgan fingerprint density at radius 2 is 1.36 bits per heavy atom. The molecule has 0 amide bonds. The molecule has 0 radical (unpaired) electrons. The van der Waals surface area contributed by atoms with Gasteiger partial charge in [0.05, 0.1) is 5.52 Å². The van der Waals surface area contributed by atoms with Crippen molar-refractivity contribution in [1.82, 2.24) is 4.57 Å². The zero-order valence-electron chi connectivity index (χ0n) is 14.2. The highest BCUT2D eigenvalue weighted by atomic mass is 15.0. The van der Waals surface area contributed by atoms with Gasteiger partial charge in [-0.15, -0.1) is 0 Å². The average molecular weight is 321 g/mol. The Morgan fingerprint density at radius 1 is 0.680 bits per heavy atom. The summed E-state index contributed by atoms with van der Waals surface area (Å²) >= 11 is 0. The van der Waals surface area contributed by atoms with Crippen molar-refractivity contribution in [2.24, 2.45) is 0 Å². The summed E-state index contributed by atoms with van der Waals surface area (Å²) < 4.78 is 2.46. The quantitative estimate of drug-likeness (QED) is 0.359. The van der Waals surface area contributed by atoms with E-state index in [4.69, 9.17) is 0 Å². The van der Waals surface area contributed by atoms with Crippen LogP contribution in [0.25, 0.3) is 32.6 Å². The van der Waals surface area contributed by atoms with Crippen LogP contribution in [0.4, 0.5) is 0 Å². The lowest BCUT2D eigenvalue weighted by molar-refractivity contribution is 0.869. The molecule has 120 valence electrons. The van der Waals surface area contributed by atoms with E-state index in [0.29, 0.717) is 0 Å². The molecule has 0 aliphatic heterocycles. The van der Waals surface area contributed by atoms with Crippen LogP contribution in [0.2, 0.25) is 0 Å². The summed E-state index contributed by atoms with van der Waals surface area (Å²) in [6.45, 7) is 3.15. The number of hydrogen-bond acceptors (Lipinski definition) is 0. The van der Waals surface area contributed by atoms with E-state index in [1.807, 2.05) is 0 Å². The van der Waals surface area contributed by atoms with Gasteiger partial charge in [0.25, 0.3) is 0 Å². The standard InChI is InChI=1S/C24H19N/c1-17-20-12-6-5-11-19(20)15-23-24(17)21-13-7-8-14-22(21)25(23)16-18-9-3-2-4-10-18/h2-15H,16H2,1H3. The van der Waals surface area contributed by atoms with Gasteiger partial charge in [-0.2, -0.15) is 0 Å². The van der Waals surface area contributed by atoms with Gasteiger partial charge >= 0.3 is 0 Å². The van der Waals surface area contributed by atoms with Crippen molar-refractivity contribution in [2.45, 2.75) is 13.5 Å². The van der Waals surface area contributed by atoms with E-state index in [2.05, 4.69) is 96.4 Å². The van der Waals surface area contributed by atoms with Crippen molar-refractivity contribution in [3.63, 3.8) is 0 Å². The van der Waals surface area contributed by atoms with Crippen LogP contribution in [-0.2, 0) is 6.54 Å². The summed E-state index contributed by atoms with van der Waals surface area (Å²) in [4.78, 5) is 0. The summed E-state index contributed by atoms with van der Waals surface area (Å²) in [5.41, 5.74) is 5.33. The fraction of sp³-hybridized carbons (Fsp3) is 0.0833. The van der Waals surface area contributed by atoms with Crippen LogP contribution in [0.15, 0.2) is 84.9 Å². The monoisotopic (exact) mass is 321 g/mol. The number of fused-ring (bicyclic) bond motifs is 4. The van der Waals surface area contributed by atoms with Gasteiger partial charge in [0, 0.05) is 22.8 Å². The summed E-state index contributed by atoms with van der Waals surface area (Å²) in [6, 6.07) is 30.5. The summed E-state index contributed by atoms with van der Waals surface area (Å²) in [7, 11) is 0. The molecule has 0 unspecified atom stereocenters. The Morgan fingerprint density at radius 3 is 2.20 bits per heavy atom. The number of nitrogens with zero attached hydrogens (tertiary/aromatic N) is 1. The van der Waals surface area contributed by atoms with Gasteiger partial charge in [-0.1, -0.05) is 72.8 Å². The first-order valence-electron chi connectivity index (χ1n) is 8.76. The average Bonchev–Trinajstić information content (AvgIpc) is 2.97. The summed E-state index contributed by atoms with van der Waals surface area (Å²) in [5, 5.41) is 5.38. The van der Waals surface area contributed by atoms with Crippen molar-refractivity contribution in [1.29, 1.82) is 0 Å². The van der Waals surface area contributed by atoms with Crippen molar-refractivity contribution in [3.8, 4) is 0 Å². The Kier molecular flexibility index (Phi) is 3.14. The molecule has 1 heteroatoms. The molecule has 1 heterocycles. The number of benzene rings is 4. The minimum Gasteiger partial charge on any atom is -0.336 e. The Labute approximate surface area is 147 Å². The first-order valence-corrected chi connectivity index (χ1v) is 8.76. The van der Waals surface area contributed by atoms with Crippen LogP contribution < -0.4 is 0 Å². The molecule has 0 atom stereocenters. The van der Waals surface area contributed by atoms with Gasteiger partial charge < -0.3 is 4.57 Å². The lowest BCUT2D eigenvalue weighted by atomic mass is 10.00. The highest BCUT2D eigenvalue weighted by Gasteiger charge is 2.14. The summed E-state index contributed by atoms with van der Waals surface area (Å²) in [5.74, 6) is 0. The number of aryl methyl sites for hydroxylation is 1. The largest absolute Gasteiger partial charge is 0.336 e. The van der Waals surface area contributed by atoms with Crippen LogP contribution >= 0.6 is 0 Å². The minimum atomic E-state index is 0.892. The Balaban J connectivity index is 1.91. The summed E-state index contributed by atoms with van der Waals surface area (Å²) in [6.07, 6.45) is 0. The molecule has 4 aromatic carbocycles. The molecular formula is C24H19N. The van der Waals surface area contributed by atoms with Crippen molar-refractivity contribution in [2.75, 3.05) is 0 Å². The topological polar surface area (TPSA) is 4.93 Å². The number of rotatable bonds is 2. The highest BCUT2D eigenvalue weighted by molar-refractivity contribution is 6.15. The van der Waals surface area contributed by atoms with Gasteiger partial charge in [-0.25, -0.2) is 0 Å². The maximum Gasteiger partial charge on any atom is 0.0503 e. The molecule has 0 aliphatic rings. The van der Waals surface area contributed by atoms with E-state index >= 15 is 0 Å². The maximum absolute atomic E-state index is 2.46.